The largest absolute Gasteiger partial charge is 0.493 e. The molecule has 5 nitrogen and oxygen atoms in total. The Morgan fingerprint density at radius 1 is 1.28 bits per heavy atom. The van der Waals surface area contributed by atoms with Crippen molar-refractivity contribution in [3.05, 3.63) is 69.6 Å². The van der Waals surface area contributed by atoms with E-state index in [1.54, 1.807) is 19.3 Å². The van der Waals surface area contributed by atoms with Gasteiger partial charge in [0, 0.05) is 0 Å². The molecule has 0 atom stereocenters. The van der Waals surface area contributed by atoms with Crippen molar-refractivity contribution in [2.75, 3.05) is 13.7 Å². The number of amides is 1. The molecule has 1 aliphatic rings. The van der Waals surface area contributed by atoms with Crippen LogP contribution in [0.1, 0.15) is 18.1 Å². The highest BCUT2D eigenvalue weighted by Crippen LogP contribution is 2.38. The fourth-order valence-electron chi connectivity index (χ4n) is 2.66. The summed E-state index contributed by atoms with van der Waals surface area (Å²) in [7, 11) is 1.57. The molecule has 150 valence electrons. The second-order valence-corrected chi connectivity index (χ2v) is 8.02. The smallest absolute Gasteiger partial charge is 0.264 e. The van der Waals surface area contributed by atoms with E-state index in [4.69, 9.17) is 9.47 Å². The van der Waals surface area contributed by atoms with Gasteiger partial charge in [-0.3, -0.25) is 4.79 Å². The van der Waals surface area contributed by atoms with Crippen LogP contribution in [0.3, 0.4) is 0 Å². The Kier molecular flexibility index (Phi) is 7.17. The molecule has 2 aromatic carbocycles. The molecule has 1 aliphatic heterocycles. The second kappa shape index (κ2) is 9.80. The van der Waals surface area contributed by atoms with Crippen LogP contribution in [0.4, 0.5) is 5.69 Å². The lowest BCUT2D eigenvalue weighted by Crippen LogP contribution is -2.19. The first-order valence-corrected chi connectivity index (χ1v) is 10.6. The molecule has 1 heterocycles. The van der Waals surface area contributed by atoms with Gasteiger partial charge in [-0.15, -0.1) is 0 Å². The number of benzene rings is 2. The van der Waals surface area contributed by atoms with Crippen molar-refractivity contribution in [3.8, 4) is 11.5 Å². The van der Waals surface area contributed by atoms with Crippen molar-refractivity contribution < 1.29 is 14.3 Å². The van der Waals surface area contributed by atoms with E-state index in [9.17, 15) is 4.79 Å². The van der Waals surface area contributed by atoms with E-state index in [0.717, 1.165) is 22.1 Å². The summed E-state index contributed by atoms with van der Waals surface area (Å²) in [5, 5.41) is 3.37. The van der Waals surface area contributed by atoms with Crippen LogP contribution in [0.15, 0.2) is 63.4 Å². The first-order valence-electron chi connectivity index (χ1n) is 9.03. The zero-order valence-electron chi connectivity index (χ0n) is 16.2. The minimum atomic E-state index is -0.180. The predicted molar refractivity (Wildman–Crippen MR) is 123 cm³/mol. The number of thioether (sulfide) groups is 1. The van der Waals surface area contributed by atoms with E-state index in [2.05, 4.69) is 39.7 Å². The molecule has 0 aliphatic carbocycles. The van der Waals surface area contributed by atoms with Crippen LogP contribution in [-0.2, 0) is 11.2 Å². The highest BCUT2D eigenvalue weighted by Gasteiger charge is 2.24. The number of halogens is 1. The maximum Gasteiger partial charge on any atom is 0.264 e. The van der Waals surface area contributed by atoms with Crippen LogP contribution in [-0.4, -0.2) is 24.8 Å². The molecule has 1 N–H and O–H groups in total. The number of carbonyl (C=O) groups is 1. The van der Waals surface area contributed by atoms with Crippen molar-refractivity contribution >= 4 is 50.5 Å². The van der Waals surface area contributed by atoms with E-state index < -0.39 is 0 Å². The Morgan fingerprint density at radius 2 is 2.03 bits per heavy atom. The Bertz CT molecular complexity index is 984. The summed E-state index contributed by atoms with van der Waals surface area (Å²) < 4.78 is 11.8. The molecule has 3 rings (SSSR count). The van der Waals surface area contributed by atoms with Crippen LogP contribution in [0.5, 0.6) is 11.5 Å². The van der Waals surface area contributed by atoms with Crippen molar-refractivity contribution in [2.24, 2.45) is 4.99 Å². The summed E-state index contributed by atoms with van der Waals surface area (Å²) >= 11 is 4.81. The predicted octanol–water partition coefficient (Wildman–Crippen LogP) is 5.48. The Hall–Kier alpha value is -2.51. The topological polar surface area (TPSA) is 59.9 Å². The Balaban J connectivity index is 1.83. The van der Waals surface area contributed by atoms with Crippen molar-refractivity contribution in [2.45, 2.75) is 13.3 Å². The molecule has 0 aromatic heterocycles. The molecule has 0 unspecified atom stereocenters. The molecule has 29 heavy (non-hydrogen) atoms. The third-order valence-electron chi connectivity index (χ3n) is 4.12. The zero-order valence-corrected chi connectivity index (χ0v) is 18.6. The number of amidine groups is 1. The average molecular weight is 473 g/mol. The van der Waals surface area contributed by atoms with Gasteiger partial charge in [0.15, 0.2) is 16.7 Å². The molecule has 1 fully saturated rings. The zero-order chi connectivity index (χ0) is 20.8. The maximum atomic E-state index is 12.4. The molecule has 0 bridgehead atoms. The number of nitrogens with zero attached hydrogens (tertiary/aromatic N) is 1. The molecule has 1 saturated heterocycles. The van der Waals surface area contributed by atoms with Crippen LogP contribution < -0.4 is 14.8 Å². The van der Waals surface area contributed by atoms with Gasteiger partial charge in [0.05, 0.1) is 22.2 Å². The fraction of sp³-hybridized carbons (Fsp3) is 0.182. The Labute approximate surface area is 183 Å². The van der Waals surface area contributed by atoms with E-state index >= 15 is 0 Å². The van der Waals surface area contributed by atoms with E-state index in [0.29, 0.717) is 28.2 Å². The van der Waals surface area contributed by atoms with Crippen molar-refractivity contribution in [1.29, 1.82) is 0 Å². The van der Waals surface area contributed by atoms with Crippen LogP contribution in [0.2, 0.25) is 0 Å². The number of methoxy groups -OCH3 is 1. The Morgan fingerprint density at radius 3 is 2.69 bits per heavy atom. The first kappa shape index (κ1) is 21.2. The lowest BCUT2D eigenvalue weighted by Gasteiger charge is -2.12. The monoisotopic (exact) mass is 472 g/mol. The minimum absolute atomic E-state index is 0.180. The number of aryl methyl sites for hydroxylation is 1. The van der Waals surface area contributed by atoms with E-state index in [1.807, 2.05) is 36.4 Å². The van der Waals surface area contributed by atoms with Gasteiger partial charge in [-0.25, -0.2) is 4.99 Å². The first-order chi connectivity index (χ1) is 14.0. The van der Waals surface area contributed by atoms with Crippen LogP contribution in [0.25, 0.3) is 6.08 Å². The van der Waals surface area contributed by atoms with E-state index in [1.165, 1.54) is 17.3 Å². The van der Waals surface area contributed by atoms with Gasteiger partial charge in [0.2, 0.25) is 0 Å². The number of hydrogen-bond acceptors (Lipinski definition) is 5. The van der Waals surface area contributed by atoms with Gasteiger partial charge in [-0.05, 0) is 75.6 Å². The highest BCUT2D eigenvalue weighted by atomic mass is 79.9. The van der Waals surface area contributed by atoms with Crippen molar-refractivity contribution in [1.82, 2.24) is 5.32 Å². The molecule has 0 saturated carbocycles. The third kappa shape index (κ3) is 5.31. The normalized spacial score (nSPS) is 16.2. The SMILES string of the molecule is C=CCOc1c(Br)cc(/C=C2\SC(=Nc3ccc(CC)cc3)NC2=O)cc1OC. The summed E-state index contributed by atoms with van der Waals surface area (Å²) in [6.45, 7) is 6.13. The second-order valence-electron chi connectivity index (χ2n) is 6.14. The molecule has 0 radical (unpaired) electrons. The van der Waals surface area contributed by atoms with Gasteiger partial charge >= 0.3 is 0 Å². The van der Waals surface area contributed by atoms with Gasteiger partial charge in [0.25, 0.3) is 5.91 Å². The quantitative estimate of drug-likeness (QED) is 0.428. The molecule has 2 aromatic rings. The number of carbonyl (C=O) groups excluding carboxylic acids is 1. The number of rotatable bonds is 7. The van der Waals surface area contributed by atoms with Crippen molar-refractivity contribution in [3.63, 3.8) is 0 Å². The lowest BCUT2D eigenvalue weighted by molar-refractivity contribution is -0.115. The number of ether oxygens (including phenoxy) is 2. The molecule has 0 spiro atoms. The number of hydrogen-bond donors (Lipinski definition) is 1. The van der Waals surface area contributed by atoms with Gasteiger partial charge in [-0.2, -0.15) is 0 Å². The van der Waals surface area contributed by atoms with Crippen LogP contribution in [0, 0.1) is 0 Å². The highest BCUT2D eigenvalue weighted by molar-refractivity contribution is 9.10. The van der Waals surface area contributed by atoms with Gasteiger partial charge < -0.3 is 14.8 Å². The fourth-order valence-corrected chi connectivity index (χ4v) is 4.08. The summed E-state index contributed by atoms with van der Waals surface area (Å²) in [6.07, 6.45) is 4.44. The summed E-state index contributed by atoms with van der Waals surface area (Å²) in [5.74, 6) is 0.984. The number of aliphatic imine (C=N–C) groups is 1. The summed E-state index contributed by atoms with van der Waals surface area (Å²) in [4.78, 5) is 17.4. The standard InChI is InChI=1S/C22H21BrN2O3S/c1-4-10-28-20-17(23)11-15(12-18(20)27-3)13-19-21(26)25-22(29-19)24-16-8-6-14(5-2)7-9-16/h4,6-9,11-13H,1,5,10H2,2-3H3,(H,24,25,26)/b19-13-. The average Bonchev–Trinajstić information content (AvgIpc) is 3.06. The molecular formula is C22H21BrN2O3S. The molecule has 7 heteroatoms. The van der Waals surface area contributed by atoms with Gasteiger partial charge in [-0.1, -0.05) is 31.7 Å². The third-order valence-corrected chi connectivity index (χ3v) is 5.62. The molecular weight excluding hydrogens is 452 g/mol. The summed E-state index contributed by atoms with van der Waals surface area (Å²) in [6, 6.07) is 11.7. The molecule has 1 amide bonds. The van der Waals surface area contributed by atoms with E-state index in [-0.39, 0.29) is 5.91 Å². The van der Waals surface area contributed by atoms with Crippen LogP contribution >= 0.6 is 27.7 Å². The lowest BCUT2D eigenvalue weighted by atomic mass is 10.2. The minimum Gasteiger partial charge on any atom is -0.493 e. The van der Waals surface area contributed by atoms with Gasteiger partial charge in [0.1, 0.15) is 6.61 Å². The maximum absolute atomic E-state index is 12.4. The number of nitrogens with one attached hydrogen (secondary N) is 1. The summed E-state index contributed by atoms with van der Waals surface area (Å²) in [5.41, 5.74) is 2.86.